The highest BCUT2D eigenvalue weighted by molar-refractivity contribution is 5.35. The van der Waals surface area contributed by atoms with Crippen LogP contribution in [0, 0.1) is 6.92 Å². The van der Waals surface area contributed by atoms with Crippen LogP contribution in [0.3, 0.4) is 0 Å². The number of ether oxygens (including phenoxy) is 1. The van der Waals surface area contributed by atoms with Gasteiger partial charge < -0.3 is 10.1 Å². The average molecular weight is 256 g/mol. The van der Waals surface area contributed by atoms with Crippen LogP contribution in [0.2, 0.25) is 0 Å². The van der Waals surface area contributed by atoms with Gasteiger partial charge in [0.1, 0.15) is 5.75 Å². The number of pyridine rings is 1. The van der Waals surface area contributed by atoms with Crippen LogP contribution >= 0.6 is 0 Å². The standard InChI is InChI=1S/C16H20N2O/c1-4-17-16(15-10-12(2)8-9-18-15)13-6-5-7-14(11-13)19-3/h5-11,16-17H,4H2,1-3H3. The Morgan fingerprint density at radius 2 is 2.11 bits per heavy atom. The van der Waals surface area contributed by atoms with Gasteiger partial charge in [0.05, 0.1) is 18.8 Å². The van der Waals surface area contributed by atoms with Crippen molar-refractivity contribution in [3.05, 3.63) is 59.4 Å². The molecule has 3 nitrogen and oxygen atoms in total. The lowest BCUT2D eigenvalue weighted by Crippen LogP contribution is -2.23. The summed E-state index contributed by atoms with van der Waals surface area (Å²) in [6.45, 7) is 5.07. The van der Waals surface area contributed by atoms with E-state index in [-0.39, 0.29) is 6.04 Å². The van der Waals surface area contributed by atoms with Crippen LogP contribution in [0.5, 0.6) is 5.75 Å². The van der Waals surface area contributed by atoms with E-state index in [0.29, 0.717) is 0 Å². The maximum absolute atomic E-state index is 5.29. The number of aryl methyl sites for hydroxylation is 1. The maximum Gasteiger partial charge on any atom is 0.119 e. The molecule has 19 heavy (non-hydrogen) atoms. The molecule has 100 valence electrons. The highest BCUT2D eigenvalue weighted by Crippen LogP contribution is 2.24. The fourth-order valence-corrected chi connectivity index (χ4v) is 2.14. The summed E-state index contributed by atoms with van der Waals surface area (Å²) in [4.78, 5) is 4.49. The minimum atomic E-state index is 0.0972. The lowest BCUT2D eigenvalue weighted by molar-refractivity contribution is 0.413. The van der Waals surface area contributed by atoms with Crippen LogP contribution in [-0.2, 0) is 0 Å². The summed E-state index contributed by atoms with van der Waals surface area (Å²) in [5, 5.41) is 3.48. The van der Waals surface area contributed by atoms with Gasteiger partial charge in [-0.25, -0.2) is 0 Å². The first-order valence-electron chi connectivity index (χ1n) is 6.54. The van der Waals surface area contributed by atoms with Crippen molar-refractivity contribution in [1.82, 2.24) is 10.3 Å². The Labute approximate surface area is 114 Å². The topological polar surface area (TPSA) is 34.1 Å². The normalized spacial score (nSPS) is 12.2. The second-order valence-corrected chi connectivity index (χ2v) is 4.53. The fourth-order valence-electron chi connectivity index (χ4n) is 2.14. The van der Waals surface area contributed by atoms with Gasteiger partial charge in [-0.3, -0.25) is 4.98 Å². The second-order valence-electron chi connectivity index (χ2n) is 4.53. The molecule has 1 aromatic carbocycles. The van der Waals surface area contributed by atoms with Crippen molar-refractivity contribution in [2.45, 2.75) is 19.9 Å². The molecular formula is C16H20N2O. The summed E-state index contributed by atoms with van der Waals surface area (Å²) in [7, 11) is 1.69. The lowest BCUT2D eigenvalue weighted by Gasteiger charge is -2.19. The Balaban J connectivity index is 2.38. The summed E-state index contributed by atoms with van der Waals surface area (Å²) in [6, 6.07) is 12.3. The molecule has 0 spiro atoms. The van der Waals surface area contributed by atoms with Crippen molar-refractivity contribution in [3.63, 3.8) is 0 Å². The molecule has 0 radical (unpaired) electrons. The van der Waals surface area contributed by atoms with Crippen molar-refractivity contribution in [2.75, 3.05) is 13.7 Å². The highest BCUT2D eigenvalue weighted by atomic mass is 16.5. The molecule has 0 aliphatic carbocycles. The summed E-state index contributed by atoms with van der Waals surface area (Å²) < 4.78 is 5.29. The van der Waals surface area contributed by atoms with Gasteiger partial charge in [0.25, 0.3) is 0 Å². The van der Waals surface area contributed by atoms with Gasteiger partial charge in [0.2, 0.25) is 0 Å². The largest absolute Gasteiger partial charge is 0.497 e. The molecule has 1 atom stereocenters. The Bertz CT molecular complexity index is 540. The third-order valence-electron chi connectivity index (χ3n) is 3.07. The molecule has 0 saturated heterocycles. The molecule has 2 aromatic rings. The summed E-state index contributed by atoms with van der Waals surface area (Å²) >= 11 is 0. The van der Waals surface area contributed by atoms with Crippen LogP contribution in [0.1, 0.15) is 29.8 Å². The van der Waals surface area contributed by atoms with Gasteiger partial charge in [-0.2, -0.15) is 0 Å². The van der Waals surface area contributed by atoms with E-state index in [9.17, 15) is 0 Å². The van der Waals surface area contributed by atoms with Crippen LogP contribution in [-0.4, -0.2) is 18.6 Å². The number of nitrogens with one attached hydrogen (secondary N) is 1. The van der Waals surface area contributed by atoms with Gasteiger partial charge in [-0.15, -0.1) is 0 Å². The smallest absolute Gasteiger partial charge is 0.119 e. The molecule has 0 amide bonds. The minimum Gasteiger partial charge on any atom is -0.497 e. The van der Waals surface area contributed by atoms with Gasteiger partial charge in [-0.05, 0) is 48.9 Å². The van der Waals surface area contributed by atoms with Crippen LogP contribution in [0.4, 0.5) is 0 Å². The highest BCUT2D eigenvalue weighted by Gasteiger charge is 2.14. The summed E-state index contributed by atoms with van der Waals surface area (Å²) in [5.74, 6) is 0.869. The molecule has 1 aromatic heterocycles. The number of hydrogen-bond donors (Lipinski definition) is 1. The first-order chi connectivity index (χ1) is 9.24. The predicted octanol–water partition coefficient (Wildman–Crippen LogP) is 3.10. The number of methoxy groups -OCH3 is 1. The van der Waals surface area contributed by atoms with E-state index in [4.69, 9.17) is 4.74 Å². The van der Waals surface area contributed by atoms with Gasteiger partial charge >= 0.3 is 0 Å². The molecular weight excluding hydrogens is 236 g/mol. The molecule has 1 heterocycles. The van der Waals surface area contributed by atoms with Crippen LogP contribution in [0.25, 0.3) is 0 Å². The molecule has 0 saturated carbocycles. The zero-order chi connectivity index (χ0) is 13.7. The molecule has 0 aliphatic rings. The molecule has 1 N–H and O–H groups in total. The molecule has 0 aliphatic heterocycles. The first kappa shape index (κ1) is 13.6. The quantitative estimate of drug-likeness (QED) is 0.892. The van der Waals surface area contributed by atoms with Crippen molar-refractivity contribution < 1.29 is 4.74 Å². The van der Waals surface area contributed by atoms with E-state index in [0.717, 1.165) is 18.0 Å². The van der Waals surface area contributed by atoms with E-state index in [2.05, 4.69) is 42.3 Å². The number of aromatic nitrogens is 1. The van der Waals surface area contributed by atoms with E-state index >= 15 is 0 Å². The van der Waals surface area contributed by atoms with Gasteiger partial charge in [0, 0.05) is 6.20 Å². The monoisotopic (exact) mass is 256 g/mol. The number of benzene rings is 1. The van der Waals surface area contributed by atoms with E-state index in [1.54, 1.807) is 7.11 Å². The zero-order valence-corrected chi connectivity index (χ0v) is 11.7. The Morgan fingerprint density at radius 3 is 2.79 bits per heavy atom. The first-order valence-corrected chi connectivity index (χ1v) is 6.54. The molecule has 0 bridgehead atoms. The summed E-state index contributed by atoms with van der Waals surface area (Å²) in [5.41, 5.74) is 3.42. The van der Waals surface area contributed by atoms with Gasteiger partial charge in [0.15, 0.2) is 0 Å². The Morgan fingerprint density at radius 1 is 1.26 bits per heavy atom. The zero-order valence-electron chi connectivity index (χ0n) is 11.7. The SMILES string of the molecule is CCNC(c1cccc(OC)c1)c1cc(C)ccn1. The van der Waals surface area contributed by atoms with E-state index in [1.807, 2.05) is 24.4 Å². The third kappa shape index (κ3) is 3.32. The molecule has 3 heteroatoms. The van der Waals surface area contributed by atoms with Crippen molar-refractivity contribution >= 4 is 0 Å². The lowest BCUT2D eigenvalue weighted by atomic mass is 10.0. The fraction of sp³-hybridized carbons (Fsp3) is 0.312. The van der Waals surface area contributed by atoms with Crippen LogP contribution in [0.15, 0.2) is 42.6 Å². The Hall–Kier alpha value is -1.87. The average Bonchev–Trinajstić information content (AvgIpc) is 2.45. The van der Waals surface area contributed by atoms with Crippen molar-refractivity contribution in [3.8, 4) is 5.75 Å². The van der Waals surface area contributed by atoms with Crippen molar-refractivity contribution in [2.24, 2.45) is 0 Å². The van der Waals surface area contributed by atoms with Crippen LogP contribution < -0.4 is 10.1 Å². The third-order valence-corrected chi connectivity index (χ3v) is 3.07. The van der Waals surface area contributed by atoms with E-state index < -0.39 is 0 Å². The minimum absolute atomic E-state index is 0.0972. The molecule has 2 rings (SSSR count). The number of hydrogen-bond acceptors (Lipinski definition) is 3. The van der Waals surface area contributed by atoms with Crippen molar-refractivity contribution in [1.29, 1.82) is 0 Å². The number of nitrogens with zero attached hydrogens (tertiary/aromatic N) is 1. The second kappa shape index (κ2) is 6.34. The number of rotatable bonds is 5. The molecule has 0 fully saturated rings. The van der Waals surface area contributed by atoms with Gasteiger partial charge in [-0.1, -0.05) is 19.1 Å². The predicted molar refractivity (Wildman–Crippen MR) is 77.5 cm³/mol. The molecule has 1 unspecified atom stereocenters. The maximum atomic E-state index is 5.29. The Kier molecular flexibility index (Phi) is 4.53. The summed E-state index contributed by atoms with van der Waals surface area (Å²) in [6.07, 6.45) is 1.86. The van der Waals surface area contributed by atoms with E-state index in [1.165, 1.54) is 11.1 Å².